The predicted molar refractivity (Wildman–Crippen MR) is 103 cm³/mol. The summed E-state index contributed by atoms with van der Waals surface area (Å²) in [5, 5.41) is 8.05. The molecule has 27 heavy (non-hydrogen) atoms. The number of carbonyl (C=O) groups is 1. The number of Topliss-reactive ketones (excluding diaryl/α,β-unsaturated/α-hetero) is 1. The fourth-order valence-electron chi connectivity index (χ4n) is 2.73. The second-order valence-electron chi connectivity index (χ2n) is 5.90. The second-order valence-corrected chi connectivity index (χ2v) is 6.96. The van der Waals surface area contributed by atoms with Gasteiger partial charge < -0.3 is 8.83 Å². The van der Waals surface area contributed by atoms with E-state index in [1.54, 1.807) is 12.3 Å². The van der Waals surface area contributed by atoms with Gasteiger partial charge in [-0.15, -0.1) is 10.2 Å². The van der Waals surface area contributed by atoms with Crippen molar-refractivity contribution in [1.82, 2.24) is 10.2 Å². The third-order valence-electron chi connectivity index (χ3n) is 4.11. The van der Waals surface area contributed by atoms with Crippen molar-refractivity contribution in [2.24, 2.45) is 0 Å². The molecule has 0 spiro atoms. The Morgan fingerprint density at radius 3 is 2.33 bits per heavy atom. The zero-order valence-electron chi connectivity index (χ0n) is 14.5. The fourth-order valence-corrected chi connectivity index (χ4v) is 3.68. The fraction of sp³-hybridized carbons (Fsp3) is 0.0952. The highest BCUT2D eigenvalue weighted by atomic mass is 32.2. The van der Waals surface area contributed by atoms with E-state index >= 15 is 0 Å². The SMILES string of the molecule is Cc1occc1-c1nnc(S[C@@H](C(=O)c2ccccc2)c2ccccc2)o1. The monoisotopic (exact) mass is 376 g/mol. The number of carbonyl (C=O) groups excluding carboxylic acids is 1. The molecule has 2 aromatic heterocycles. The lowest BCUT2D eigenvalue weighted by Crippen LogP contribution is -2.10. The number of hydrogen-bond donors (Lipinski definition) is 0. The average Bonchev–Trinajstić information content (AvgIpc) is 3.35. The van der Waals surface area contributed by atoms with Crippen LogP contribution in [0.5, 0.6) is 0 Å². The first-order chi connectivity index (χ1) is 13.2. The molecule has 0 radical (unpaired) electrons. The van der Waals surface area contributed by atoms with Crippen LogP contribution in [-0.4, -0.2) is 16.0 Å². The molecule has 1 atom stereocenters. The van der Waals surface area contributed by atoms with Crippen LogP contribution in [0.2, 0.25) is 0 Å². The molecule has 4 rings (SSSR count). The van der Waals surface area contributed by atoms with E-state index in [-0.39, 0.29) is 5.78 Å². The minimum Gasteiger partial charge on any atom is -0.469 e. The molecule has 0 N–H and O–H groups in total. The summed E-state index contributed by atoms with van der Waals surface area (Å²) >= 11 is 1.25. The van der Waals surface area contributed by atoms with Gasteiger partial charge in [-0.1, -0.05) is 60.7 Å². The summed E-state index contributed by atoms with van der Waals surface area (Å²) in [4.78, 5) is 13.1. The zero-order chi connectivity index (χ0) is 18.6. The van der Waals surface area contributed by atoms with Gasteiger partial charge in [0.15, 0.2) is 5.78 Å². The Bertz CT molecular complexity index is 1040. The molecule has 0 bridgehead atoms. The van der Waals surface area contributed by atoms with Crippen molar-refractivity contribution in [3.8, 4) is 11.5 Å². The first-order valence-electron chi connectivity index (χ1n) is 8.41. The van der Waals surface area contributed by atoms with E-state index in [1.165, 1.54) is 11.8 Å². The van der Waals surface area contributed by atoms with Gasteiger partial charge >= 0.3 is 0 Å². The Kier molecular flexibility index (Phi) is 4.89. The van der Waals surface area contributed by atoms with Crippen molar-refractivity contribution in [3.63, 3.8) is 0 Å². The lowest BCUT2D eigenvalue weighted by Gasteiger charge is -2.14. The number of furan rings is 1. The molecule has 0 unspecified atom stereocenters. The maximum atomic E-state index is 13.1. The van der Waals surface area contributed by atoms with Gasteiger partial charge in [-0.3, -0.25) is 4.79 Å². The molecular formula is C21H16N2O3S. The van der Waals surface area contributed by atoms with Crippen molar-refractivity contribution in [3.05, 3.63) is 89.9 Å². The summed E-state index contributed by atoms with van der Waals surface area (Å²) in [6, 6.07) is 20.6. The van der Waals surface area contributed by atoms with Crippen molar-refractivity contribution in [1.29, 1.82) is 0 Å². The first-order valence-corrected chi connectivity index (χ1v) is 9.29. The van der Waals surface area contributed by atoms with Crippen molar-refractivity contribution >= 4 is 17.5 Å². The number of nitrogens with zero attached hydrogens (tertiary/aromatic N) is 2. The number of benzene rings is 2. The van der Waals surface area contributed by atoms with E-state index in [4.69, 9.17) is 8.83 Å². The van der Waals surface area contributed by atoms with E-state index in [0.29, 0.717) is 22.4 Å². The molecule has 0 saturated carbocycles. The highest BCUT2D eigenvalue weighted by molar-refractivity contribution is 8.00. The molecular weight excluding hydrogens is 360 g/mol. The summed E-state index contributed by atoms with van der Waals surface area (Å²) in [5.74, 6) is 1.07. The Labute approximate surface area is 160 Å². The number of aryl methyl sites for hydroxylation is 1. The Morgan fingerprint density at radius 2 is 1.67 bits per heavy atom. The van der Waals surface area contributed by atoms with Crippen LogP contribution in [0.4, 0.5) is 0 Å². The molecule has 134 valence electrons. The first kappa shape index (κ1) is 17.3. The zero-order valence-corrected chi connectivity index (χ0v) is 15.3. The number of hydrogen-bond acceptors (Lipinski definition) is 6. The average molecular weight is 376 g/mol. The van der Waals surface area contributed by atoms with Crippen LogP contribution in [0.15, 0.2) is 87.1 Å². The van der Waals surface area contributed by atoms with Gasteiger partial charge in [0.1, 0.15) is 11.0 Å². The number of aromatic nitrogens is 2. The Hall–Kier alpha value is -3.12. The summed E-state index contributed by atoms with van der Waals surface area (Å²) in [6.07, 6.45) is 1.58. The highest BCUT2D eigenvalue weighted by Gasteiger charge is 2.26. The molecule has 0 fully saturated rings. The molecule has 0 saturated heterocycles. The molecule has 0 aliphatic carbocycles. The van der Waals surface area contributed by atoms with E-state index < -0.39 is 5.25 Å². The van der Waals surface area contributed by atoms with Crippen molar-refractivity contribution < 1.29 is 13.6 Å². The Morgan fingerprint density at radius 1 is 0.963 bits per heavy atom. The number of ketones is 1. The molecule has 2 aromatic carbocycles. The summed E-state index contributed by atoms with van der Waals surface area (Å²) in [7, 11) is 0. The quantitative estimate of drug-likeness (QED) is 0.333. The normalized spacial score (nSPS) is 12.0. The topological polar surface area (TPSA) is 69.1 Å². The largest absolute Gasteiger partial charge is 0.469 e. The maximum Gasteiger partial charge on any atom is 0.277 e. The van der Waals surface area contributed by atoms with Crippen LogP contribution in [0, 0.1) is 6.92 Å². The third kappa shape index (κ3) is 3.71. The van der Waals surface area contributed by atoms with Crippen molar-refractivity contribution in [2.45, 2.75) is 17.4 Å². The predicted octanol–water partition coefficient (Wildman–Crippen LogP) is 5.35. The number of rotatable bonds is 6. The standard InChI is InChI=1S/C21H16N2O3S/c1-14-17(12-13-25-14)20-22-23-21(26-20)27-19(16-10-6-3-7-11-16)18(24)15-8-4-2-5-9-15/h2-13,19H,1H3/t19-/m1/s1. The van der Waals surface area contributed by atoms with Gasteiger partial charge in [-0.25, -0.2) is 0 Å². The van der Waals surface area contributed by atoms with Gasteiger partial charge in [0.2, 0.25) is 0 Å². The molecule has 6 heteroatoms. The molecule has 4 aromatic rings. The lowest BCUT2D eigenvalue weighted by atomic mass is 10.0. The molecule has 0 aliphatic rings. The van der Waals surface area contributed by atoms with Gasteiger partial charge in [-0.05, 0) is 30.3 Å². The van der Waals surface area contributed by atoms with E-state index in [1.807, 2.05) is 67.6 Å². The van der Waals surface area contributed by atoms with Crippen LogP contribution >= 0.6 is 11.8 Å². The molecule has 2 heterocycles. The number of thioether (sulfide) groups is 1. The summed E-state index contributed by atoms with van der Waals surface area (Å²) < 4.78 is 11.1. The molecule has 0 aliphatic heterocycles. The minimum atomic E-state index is -0.479. The summed E-state index contributed by atoms with van der Waals surface area (Å²) in [5.41, 5.74) is 2.28. The summed E-state index contributed by atoms with van der Waals surface area (Å²) in [6.45, 7) is 1.83. The highest BCUT2D eigenvalue weighted by Crippen LogP contribution is 2.38. The van der Waals surface area contributed by atoms with Crippen LogP contribution in [0.25, 0.3) is 11.5 Å². The Balaban J connectivity index is 1.65. The van der Waals surface area contributed by atoms with Gasteiger partial charge in [0.25, 0.3) is 11.1 Å². The second kappa shape index (κ2) is 7.63. The maximum absolute atomic E-state index is 13.1. The molecule has 0 amide bonds. The van der Waals surface area contributed by atoms with Crippen LogP contribution in [-0.2, 0) is 0 Å². The van der Waals surface area contributed by atoms with E-state index in [9.17, 15) is 4.79 Å². The van der Waals surface area contributed by atoms with Crippen molar-refractivity contribution in [2.75, 3.05) is 0 Å². The van der Waals surface area contributed by atoms with Gasteiger partial charge in [0, 0.05) is 5.56 Å². The van der Waals surface area contributed by atoms with Crippen LogP contribution in [0.1, 0.15) is 26.9 Å². The molecule has 5 nitrogen and oxygen atoms in total. The van der Waals surface area contributed by atoms with E-state index in [0.717, 1.165) is 11.1 Å². The van der Waals surface area contributed by atoms with Crippen LogP contribution < -0.4 is 0 Å². The minimum absolute atomic E-state index is 0.00829. The third-order valence-corrected chi connectivity index (χ3v) is 5.20. The smallest absolute Gasteiger partial charge is 0.277 e. The lowest BCUT2D eigenvalue weighted by molar-refractivity contribution is 0.0989. The van der Waals surface area contributed by atoms with Crippen LogP contribution in [0.3, 0.4) is 0 Å². The van der Waals surface area contributed by atoms with Gasteiger partial charge in [0.05, 0.1) is 11.8 Å². The van der Waals surface area contributed by atoms with E-state index in [2.05, 4.69) is 10.2 Å². The van der Waals surface area contributed by atoms with Gasteiger partial charge in [-0.2, -0.15) is 0 Å².